The normalized spacial score (nSPS) is 13.8. The minimum atomic E-state index is 0.753. The number of hydrogen-bond donors (Lipinski definition) is 0. The summed E-state index contributed by atoms with van der Waals surface area (Å²) in [6, 6.07) is 0. The van der Waals surface area contributed by atoms with E-state index in [2.05, 4.69) is 12.2 Å². The first-order valence-corrected chi connectivity index (χ1v) is 5.96. The van der Waals surface area contributed by atoms with Crippen molar-refractivity contribution in [2.24, 2.45) is 0 Å². The molecular weight excluding hydrogens is 220 g/mol. The lowest BCUT2D eigenvalue weighted by molar-refractivity contribution is -0.104. The van der Waals surface area contributed by atoms with Crippen LogP contribution in [-0.2, 0) is 4.79 Å². The van der Waals surface area contributed by atoms with Gasteiger partial charge in [0, 0.05) is 0 Å². The second kappa shape index (κ2) is 14.8. The highest BCUT2D eigenvalue weighted by Gasteiger charge is 1.66. The third kappa shape index (κ3) is 13.8. The van der Waals surface area contributed by atoms with Gasteiger partial charge in [-0.25, -0.2) is 0 Å². The van der Waals surface area contributed by atoms with Crippen LogP contribution in [0.4, 0.5) is 0 Å². The van der Waals surface area contributed by atoms with E-state index >= 15 is 0 Å². The Bertz CT molecular complexity index is 388. The van der Waals surface area contributed by atoms with E-state index < -0.39 is 0 Å². The molecule has 0 heterocycles. The number of aldehydes is 1. The molecular formula is C17H20O. The fraction of sp³-hybridized carbons (Fsp3) is 0.118. The van der Waals surface area contributed by atoms with Gasteiger partial charge in [0.2, 0.25) is 0 Å². The molecule has 1 nitrogen and oxygen atoms in total. The van der Waals surface area contributed by atoms with Gasteiger partial charge in [0.15, 0.2) is 0 Å². The van der Waals surface area contributed by atoms with E-state index in [0.29, 0.717) is 0 Å². The van der Waals surface area contributed by atoms with Crippen LogP contribution in [0, 0.1) is 0 Å². The molecule has 94 valence electrons. The molecule has 0 radical (unpaired) electrons. The van der Waals surface area contributed by atoms with Gasteiger partial charge >= 0.3 is 0 Å². The van der Waals surface area contributed by atoms with Gasteiger partial charge in [0.25, 0.3) is 0 Å². The Labute approximate surface area is 110 Å². The molecule has 0 bridgehead atoms. The van der Waals surface area contributed by atoms with Crippen LogP contribution in [0.2, 0.25) is 0 Å². The Morgan fingerprint density at radius 1 is 0.611 bits per heavy atom. The Morgan fingerprint density at radius 2 is 1.06 bits per heavy atom. The Morgan fingerprint density at radius 3 is 1.50 bits per heavy atom. The highest BCUT2D eigenvalue weighted by atomic mass is 16.1. The van der Waals surface area contributed by atoms with Crippen molar-refractivity contribution in [1.29, 1.82) is 0 Å². The number of rotatable bonds is 8. The van der Waals surface area contributed by atoms with Crippen molar-refractivity contribution in [3.8, 4) is 0 Å². The van der Waals surface area contributed by atoms with Crippen LogP contribution in [0.25, 0.3) is 0 Å². The lowest BCUT2D eigenvalue weighted by Crippen LogP contribution is -1.57. The zero-order valence-electron chi connectivity index (χ0n) is 10.8. The first kappa shape index (κ1) is 15.9. The van der Waals surface area contributed by atoms with Gasteiger partial charge in [-0.1, -0.05) is 79.0 Å². The lowest BCUT2D eigenvalue weighted by atomic mass is 10.3. The summed E-state index contributed by atoms with van der Waals surface area (Å²) < 4.78 is 0. The maximum Gasteiger partial charge on any atom is 0.142 e. The third-order valence-corrected chi connectivity index (χ3v) is 1.83. The van der Waals surface area contributed by atoms with Crippen LogP contribution in [-0.4, -0.2) is 6.29 Å². The highest BCUT2D eigenvalue weighted by Crippen LogP contribution is 1.88. The van der Waals surface area contributed by atoms with Crippen LogP contribution >= 0.6 is 0 Å². The summed E-state index contributed by atoms with van der Waals surface area (Å²) in [6.07, 6.45) is 28.5. The van der Waals surface area contributed by atoms with E-state index in [1.54, 1.807) is 12.2 Å². The smallest absolute Gasteiger partial charge is 0.142 e. The molecule has 0 fully saturated rings. The van der Waals surface area contributed by atoms with Crippen LogP contribution in [0.1, 0.15) is 13.3 Å². The van der Waals surface area contributed by atoms with Crippen LogP contribution in [0.5, 0.6) is 0 Å². The van der Waals surface area contributed by atoms with E-state index in [4.69, 9.17) is 0 Å². The summed E-state index contributed by atoms with van der Waals surface area (Å²) in [7, 11) is 0. The fourth-order valence-electron chi connectivity index (χ4n) is 0.994. The summed E-state index contributed by atoms with van der Waals surface area (Å²) in [5.74, 6) is 0. The molecule has 0 amide bonds. The summed E-state index contributed by atoms with van der Waals surface area (Å²) >= 11 is 0. The number of allylic oxidation sites excluding steroid dienone is 14. The van der Waals surface area contributed by atoms with E-state index in [9.17, 15) is 4.79 Å². The molecule has 0 spiro atoms. The molecule has 0 saturated heterocycles. The Kier molecular flexibility index (Phi) is 13.1. The van der Waals surface area contributed by atoms with E-state index in [-0.39, 0.29) is 0 Å². The average Bonchev–Trinajstić information content (AvgIpc) is 2.39. The van der Waals surface area contributed by atoms with Gasteiger partial charge in [-0.3, -0.25) is 4.79 Å². The first-order valence-electron chi connectivity index (χ1n) is 5.96. The average molecular weight is 240 g/mol. The third-order valence-electron chi connectivity index (χ3n) is 1.83. The van der Waals surface area contributed by atoms with Crippen molar-refractivity contribution in [2.75, 3.05) is 0 Å². The van der Waals surface area contributed by atoms with Crippen molar-refractivity contribution in [2.45, 2.75) is 13.3 Å². The number of carbonyl (C=O) groups is 1. The zero-order valence-corrected chi connectivity index (χ0v) is 10.8. The zero-order chi connectivity index (χ0) is 13.3. The van der Waals surface area contributed by atoms with Crippen molar-refractivity contribution in [3.63, 3.8) is 0 Å². The van der Waals surface area contributed by atoms with Crippen LogP contribution < -0.4 is 0 Å². The number of hydrogen-bond acceptors (Lipinski definition) is 1. The summed E-state index contributed by atoms with van der Waals surface area (Å²) in [6.45, 7) is 2.02. The maximum atomic E-state index is 9.96. The minimum absolute atomic E-state index is 0.753. The first-order chi connectivity index (χ1) is 8.91. The van der Waals surface area contributed by atoms with Crippen molar-refractivity contribution >= 4 is 6.29 Å². The minimum Gasteiger partial charge on any atom is -0.299 e. The summed E-state index contributed by atoms with van der Waals surface area (Å²) in [5.41, 5.74) is 0. The van der Waals surface area contributed by atoms with Gasteiger partial charge in [0.1, 0.15) is 6.29 Å². The second-order valence-electron chi connectivity index (χ2n) is 3.29. The van der Waals surface area contributed by atoms with E-state index in [1.165, 1.54) is 6.08 Å². The molecule has 18 heavy (non-hydrogen) atoms. The highest BCUT2D eigenvalue weighted by molar-refractivity contribution is 5.65. The largest absolute Gasteiger partial charge is 0.299 e. The Balaban J connectivity index is 3.76. The molecule has 0 saturated carbocycles. The van der Waals surface area contributed by atoms with Gasteiger partial charge in [0.05, 0.1) is 0 Å². The quantitative estimate of drug-likeness (QED) is 0.264. The monoisotopic (exact) mass is 240 g/mol. The van der Waals surface area contributed by atoms with Gasteiger partial charge in [-0.2, -0.15) is 0 Å². The lowest BCUT2D eigenvalue weighted by Gasteiger charge is -1.77. The SMILES string of the molecule is CC=CCC=CC=CC=CC=CC=CC=CC=O. The standard InChI is InChI=1S/C17H20O/c1-2-3-4-5-6-7-8-9-10-11-12-13-14-15-16-17-18/h2-3,5-17H,4H2,1H3. The van der Waals surface area contributed by atoms with Crippen molar-refractivity contribution in [3.05, 3.63) is 85.1 Å². The predicted octanol–water partition coefficient (Wildman–Crippen LogP) is 4.49. The van der Waals surface area contributed by atoms with Gasteiger partial charge in [-0.05, 0) is 19.4 Å². The van der Waals surface area contributed by atoms with Gasteiger partial charge in [-0.15, -0.1) is 0 Å². The topological polar surface area (TPSA) is 17.1 Å². The molecule has 0 aromatic rings. The maximum absolute atomic E-state index is 9.96. The molecule has 0 N–H and O–H groups in total. The van der Waals surface area contributed by atoms with Crippen LogP contribution in [0.3, 0.4) is 0 Å². The summed E-state index contributed by atoms with van der Waals surface area (Å²) in [4.78, 5) is 9.96. The van der Waals surface area contributed by atoms with Crippen molar-refractivity contribution in [1.82, 2.24) is 0 Å². The van der Waals surface area contributed by atoms with Gasteiger partial charge < -0.3 is 0 Å². The van der Waals surface area contributed by atoms with Crippen LogP contribution in [0.15, 0.2) is 85.1 Å². The molecule has 0 aromatic carbocycles. The molecule has 0 unspecified atom stereocenters. The summed E-state index contributed by atoms with van der Waals surface area (Å²) in [5, 5.41) is 0. The fourth-order valence-corrected chi connectivity index (χ4v) is 0.994. The molecule has 0 aliphatic carbocycles. The molecule has 0 atom stereocenters. The predicted molar refractivity (Wildman–Crippen MR) is 80.3 cm³/mol. The van der Waals surface area contributed by atoms with E-state index in [0.717, 1.165) is 12.7 Å². The van der Waals surface area contributed by atoms with E-state index in [1.807, 2.05) is 61.6 Å². The second-order valence-corrected chi connectivity index (χ2v) is 3.29. The molecule has 0 rings (SSSR count). The molecule has 0 aromatic heterocycles. The van der Waals surface area contributed by atoms with Crippen molar-refractivity contribution < 1.29 is 4.79 Å². The Hall–Kier alpha value is -2.15. The molecule has 1 heteroatoms. The molecule has 0 aliphatic rings. The molecule has 0 aliphatic heterocycles. The number of carbonyl (C=O) groups excluding carboxylic acids is 1.